The zero-order chi connectivity index (χ0) is 55.5. The minimum atomic E-state index is -4.64. The number of alkyl halides is 3. The molecule has 0 spiro atoms. The molecule has 0 aliphatic carbocycles. The van der Waals surface area contributed by atoms with Crippen LogP contribution in [0.2, 0.25) is 0 Å². The summed E-state index contributed by atoms with van der Waals surface area (Å²) in [6, 6.07) is 1.60. The van der Waals surface area contributed by atoms with E-state index in [0.29, 0.717) is 19.5 Å². The van der Waals surface area contributed by atoms with Crippen LogP contribution in [0.15, 0.2) is 24.3 Å². The maximum Gasteiger partial charge on any atom is 0.416 e. The van der Waals surface area contributed by atoms with Crippen molar-refractivity contribution >= 4 is 21.9 Å². The van der Waals surface area contributed by atoms with Gasteiger partial charge in [0.15, 0.2) is 12.6 Å². The molecule has 5 rings (SSSR count). The van der Waals surface area contributed by atoms with Crippen LogP contribution in [-0.2, 0) is 49.6 Å². The van der Waals surface area contributed by atoms with Crippen molar-refractivity contribution in [3.63, 3.8) is 0 Å². The lowest BCUT2D eigenvalue weighted by molar-refractivity contribution is -0.339. The highest BCUT2D eigenvalue weighted by Gasteiger charge is 2.59. The number of rotatable bonds is 14. The Bertz CT molecular complexity index is 2070. The summed E-state index contributed by atoms with van der Waals surface area (Å²) in [4.78, 5) is 18.9. The normalized spacial score (nSPS) is 41.3. The van der Waals surface area contributed by atoms with Gasteiger partial charge in [0.05, 0.1) is 47.5 Å². The molecule has 4 aliphatic rings. The first kappa shape index (κ1) is 62.6. The molecule has 18 atom stereocenters. The largest absolute Gasteiger partial charge is 0.459 e. The molecule has 0 unspecified atom stereocenters. The third-order valence-corrected chi connectivity index (χ3v) is 18.1. The number of aliphatic hydroxyl groups is 5. The highest BCUT2D eigenvalue weighted by atomic mass is 32.2. The Hall–Kier alpha value is -2.29. The van der Waals surface area contributed by atoms with Gasteiger partial charge in [-0.3, -0.25) is 14.4 Å². The standard InChI is InChI=1S/C52H89F3N4O14S/c1-14-23-59-29-31(3)27-48(9,63)45(73-47-42(60)39(26-32(4)69-47)57(12)74(66,67)56-38-21-19-37(20-22-38)52(53,54)55)33(5)43(34(6)46(62)71-40(15-2)50(11,64)44(61)35(59)7)72-41-28-49(10,68-13)51(65,36(8)70-41)30-58-24-17-16-18-25-58/h19-22,31-36,39-45,47,56,60-61,63-65H,14-18,23-30H2,1-13H3/t31-,32-,33+,34-,35-,36+,39+,40-,41+,42-,43+,44-,45-,47+,48-,49-,50-,51+/m1/s1. The fourth-order valence-corrected chi connectivity index (χ4v) is 13.1. The number of nitrogens with one attached hydrogen (secondary N) is 1. The van der Waals surface area contributed by atoms with Gasteiger partial charge < -0.3 is 58.9 Å². The Kier molecular flexibility index (Phi) is 21.0. The van der Waals surface area contributed by atoms with Crippen molar-refractivity contribution < 1.29 is 80.3 Å². The zero-order valence-corrected chi connectivity index (χ0v) is 46.7. The van der Waals surface area contributed by atoms with E-state index in [9.17, 15) is 51.9 Å². The number of likely N-dealkylation sites (N-methyl/N-ethyl adjacent to an activating group) is 1. The van der Waals surface area contributed by atoms with Crippen LogP contribution in [0.4, 0.5) is 18.9 Å². The number of likely N-dealkylation sites (tertiary alicyclic amines) is 1. The van der Waals surface area contributed by atoms with Crippen molar-refractivity contribution in [2.45, 2.75) is 223 Å². The van der Waals surface area contributed by atoms with E-state index in [4.69, 9.17) is 28.4 Å². The molecule has 0 amide bonds. The van der Waals surface area contributed by atoms with Crippen molar-refractivity contribution in [2.75, 3.05) is 51.6 Å². The summed E-state index contributed by atoms with van der Waals surface area (Å²) >= 11 is 0. The topological polar surface area (TPSA) is 229 Å². The van der Waals surface area contributed by atoms with E-state index in [1.165, 1.54) is 21.1 Å². The predicted molar refractivity (Wildman–Crippen MR) is 271 cm³/mol. The molecular weight excluding hydrogens is 994 g/mol. The van der Waals surface area contributed by atoms with Gasteiger partial charge in [-0.2, -0.15) is 25.9 Å². The Balaban J connectivity index is 1.57. The summed E-state index contributed by atoms with van der Waals surface area (Å²) in [6.45, 7) is 21.6. The maximum atomic E-state index is 14.7. The number of carbonyl (C=O) groups is 1. The number of halogens is 3. The summed E-state index contributed by atoms with van der Waals surface area (Å²) in [7, 11) is -1.81. The van der Waals surface area contributed by atoms with E-state index < -0.39 is 130 Å². The number of esters is 1. The average Bonchev–Trinajstić information content (AvgIpc) is 3.32. The van der Waals surface area contributed by atoms with Crippen LogP contribution in [0, 0.1) is 17.8 Å². The summed E-state index contributed by atoms with van der Waals surface area (Å²) in [5, 5.41) is 61.7. The van der Waals surface area contributed by atoms with E-state index in [2.05, 4.69) is 9.62 Å². The molecule has 0 saturated carbocycles. The molecule has 0 bridgehead atoms. The quantitative estimate of drug-likeness (QED) is 0.130. The average molecular weight is 1080 g/mol. The minimum absolute atomic E-state index is 0.00325. The molecule has 1 aromatic rings. The zero-order valence-electron chi connectivity index (χ0n) is 45.9. The van der Waals surface area contributed by atoms with Gasteiger partial charge in [0.1, 0.15) is 35.1 Å². The number of methoxy groups -OCH3 is 1. The van der Waals surface area contributed by atoms with Gasteiger partial charge in [-0.15, -0.1) is 0 Å². The lowest BCUT2D eigenvalue weighted by Crippen LogP contribution is -2.70. The number of carbonyl (C=O) groups excluding carboxylic acids is 1. The second-order valence-electron chi connectivity index (χ2n) is 22.6. The third kappa shape index (κ3) is 14.1. The van der Waals surface area contributed by atoms with Gasteiger partial charge in [0.2, 0.25) is 0 Å². The highest BCUT2D eigenvalue weighted by molar-refractivity contribution is 7.90. The summed E-state index contributed by atoms with van der Waals surface area (Å²) in [5.41, 5.74) is -7.61. The Morgan fingerprint density at radius 1 is 0.919 bits per heavy atom. The van der Waals surface area contributed by atoms with Crippen molar-refractivity contribution in [1.82, 2.24) is 14.1 Å². The SMILES string of the molecule is CCCN1C[C@H](C)C[C@@](C)(O)[C@H](O[C@@H]2O[C@H](C)C[C@H](N(C)S(=O)(=O)Nc3ccc(C(F)(F)F)cc3)[C@H]2O)[C@@H](C)[C@H](O[C@H]2C[C@@](C)(OC)[C@](O)(CN3CCCCC3)[C@H](C)O2)[C@@H](C)C(=O)O[C@H](CC)[C@@](C)(O)[C@H](O)[C@H]1C. The van der Waals surface area contributed by atoms with Crippen LogP contribution >= 0.6 is 0 Å². The van der Waals surface area contributed by atoms with E-state index in [0.717, 1.165) is 60.9 Å². The van der Waals surface area contributed by atoms with E-state index in [-0.39, 0.29) is 43.8 Å². The Morgan fingerprint density at radius 2 is 1.54 bits per heavy atom. The van der Waals surface area contributed by atoms with Crippen molar-refractivity contribution in [2.24, 2.45) is 17.8 Å². The molecule has 4 heterocycles. The van der Waals surface area contributed by atoms with Crippen LogP contribution in [0.1, 0.15) is 133 Å². The third-order valence-electron chi connectivity index (χ3n) is 16.6. The number of β-amino-alcohol motifs (C(OH)–C–C–N with tert-alkyl or cyclic N) is 1. The van der Waals surface area contributed by atoms with Crippen LogP contribution < -0.4 is 4.72 Å². The van der Waals surface area contributed by atoms with Gasteiger partial charge in [-0.05, 0) is 137 Å². The van der Waals surface area contributed by atoms with Crippen LogP contribution in [0.5, 0.6) is 0 Å². The summed E-state index contributed by atoms with van der Waals surface area (Å²) in [6.07, 6.45) is -12.0. The van der Waals surface area contributed by atoms with Gasteiger partial charge in [0, 0.05) is 51.3 Å². The Labute approximate surface area is 437 Å². The molecule has 4 fully saturated rings. The predicted octanol–water partition coefficient (Wildman–Crippen LogP) is 5.28. The number of hydrogen-bond acceptors (Lipinski definition) is 16. The van der Waals surface area contributed by atoms with Gasteiger partial charge >= 0.3 is 22.4 Å². The monoisotopic (exact) mass is 1080 g/mol. The lowest BCUT2D eigenvalue weighted by Gasteiger charge is -2.55. The number of ether oxygens (including phenoxy) is 6. The van der Waals surface area contributed by atoms with Gasteiger partial charge in [-0.25, -0.2) is 0 Å². The number of nitrogens with zero attached hydrogens (tertiary/aromatic N) is 3. The molecule has 0 aromatic heterocycles. The fraction of sp³-hybridized carbons (Fsp3) is 0.865. The molecule has 4 aliphatic heterocycles. The molecule has 22 heteroatoms. The molecular formula is C52H89F3N4O14S. The van der Waals surface area contributed by atoms with Gasteiger partial charge in [-0.1, -0.05) is 34.1 Å². The van der Waals surface area contributed by atoms with Crippen molar-refractivity contribution in [3.05, 3.63) is 29.8 Å². The second-order valence-corrected chi connectivity index (χ2v) is 24.4. The maximum absolute atomic E-state index is 14.7. The summed E-state index contributed by atoms with van der Waals surface area (Å²) < 4.78 is 110. The van der Waals surface area contributed by atoms with Crippen LogP contribution in [-0.4, -0.2) is 191 Å². The molecule has 4 saturated heterocycles. The molecule has 18 nitrogen and oxygen atoms in total. The fourth-order valence-electron chi connectivity index (χ4n) is 12.0. The number of anilines is 1. The van der Waals surface area contributed by atoms with E-state index in [1.54, 1.807) is 55.4 Å². The highest BCUT2D eigenvalue weighted by Crippen LogP contribution is 2.44. The first-order valence-corrected chi connectivity index (χ1v) is 28.0. The first-order chi connectivity index (χ1) is 34.3. The van der Waals surface area contributed by atoms with Crippen molar-refractivity contribution in [1.29, 1.82) is 0 Å². The van der Waals surface area contributed by atoms with E-state index >= 15 is 0 Å². The number of aliphatic hydroxyl groups excluding tert-OH is 2. The van der Waals surface area contributed by atoms with E-state index in [1.807, 2.05) is 18.7 Å². The van der Waals surface area contributed by atoms with Crippen molar-refractivity contribution in [3.8, 4) is 0 Å². The summed E-state index contributed by atoms with van der Waals surface area (Å²) in [5.74, 6) is -3.35. The number of piperidine rings is 1. The molecule has 0 radical (unpaired) electrons. The minimum Gasteiger partial charge on any atom is -0.459 e. The lowest BCUT2D eigenvalue weighted by atomic mass is 9.74. The molecule has 1 aromatic carbocycles. The number of hydrogen-bond donors (Lipinski definition) is 6. The van der Waals surface area contributed by atoms with Crippen LogP contribution in [0.3, 0.4) is 0 Å². The smallest absolute Gasteiger partial charge is 0.416 e. The molecule has 6 N–H and O–H groups in total. The van der Waals surface area contributed by atoms with Gasteiger partial charge in [0.25, 0.3) is 0 Å². The second kappa shape index (κ2) is 24.8. The Morgan fingerprint density at radius 3 is 2.11 bits per heavy atom. The molecule has 428 valence electrons. The number of benzene rings is 1. The number of cyclic esters (lactones) is 1. The first-order valence-electron chi connectivity index (χ1n) is 26.6. The molecule has 74 heavy (non-hydrogen) atoms. The van der Waals surface area contributed by atoms with Crippen LogP contribution in [0.25, 0.3) is 0 Å².